The molecule has 0 radical (unpaired) electrons. The second-order valence-corrected chi connectivity index (χ2v) is 7.52. The van der Waals surface area contributed by atoms with E-state index in [1.54, 1.807) is 26.0 Å². The minimum atomic E-state index is -3.68. The third kappa shape index (κ3) is 3.75. The summed E-state index contributed by atoms with van der Waals surface area (Å²) in [4.78, 5) is 2.55. The third-order valence-electron chi connectivity index (χ3n) is 3.23. The highest BCUT2D eigenvalue weighted by Gasteiger charge is 2.16. The van der Waals surface area contributed by atoms with Crippen molar-refractivity contribution in [3.63, 3.8) is 0 Å². The number of sulfonamides is 1. The molecule has 2 aromatic carbocycles. The number of hydrogen-bond acceptors (Lipinski definition) is 3. The summed E-state index contributed by atoms with van der Waals surface area (Å²) in [6.07, 6.45) is 0. The number of halogens is 1. The van der Waals surface area contributed by atoms with Crippen molar-refractivity contribution in [1.82, 2.24) is 4.83 Å². The first kappa shape index (κ1) is 16.7. The van der Waals surface area contributed by atoms with E-state index in [0.29, 0.717) is 11.3 Å². The Morgan fingerprint density at radius 1 is 1.14 bits per heavy atom. The summed E-state index contributed by atoms with van der Waals surface area (Å²) in [5.74, 6) is 0. The first-order valence-corrected chi connectivity index (χ1v) is 8.97. The normalized spacial score (nSPS) is 12.3. The lowest BCUT2D eigenvalue weighted by Crippen LogP contribution is -2.21. The van der Waals surface area contributed by atoms with Crippen molar-refractivity contribution < 1.29 is 8.42 Å². The Kier molecular flexibility index (Phi) is 5.03. The zero-order valence-electron chi connectivity index (χ0n) is 12.6. The average Bonchev–Trinajstić information content (AvgIpc) is 2.48. The van der Waals surface area contributed by atoms with Crippen molar-refractivity contribution in [3.05, 3.63) is 63.6 Å². The molecule has 0 aliphatic rings. The van der Waals surface area contributed by atoms with Gasteiger partial charge < -0.3 is 0 Å². The van der Waals surface area contributed by atoms with Crippen molar-refractivity contribution in [2.24, 2.45) is 5.10 Å². The molecule has 0 unspecified atom stereocenters. The number of hydrogen-bond donors (Lipinski definition) is 1. The van der Waals surface area contributed by atoms with Crippen LogP contribution in [0.2, 0.25) is 0 Å². The Bertz CT molecular complexity index is 830. The van der Waals surface area contributed by atoms with Crippen LogP contribution in [0, 0.1) is 13.8 Å². The van der Waals surface area contributed by atoms with Gasteiger partial charge >= 0.3 is 0 Å². The molecule has 22 heavy (non-hydrogen) atoms. The molecular formula is C16H17BrN2O2S. The Balaban J connectivity index is 2.32. The van der Waals surface area contributed by atoms with E-state index in [4.69, 9.17) is 0 Å². The summed E-state index contributed by atoms with van der Waals surface area (Å²) in [5, 5.41) is 4.02. The van der Waals surface area contributed by atoms with E-state index in [2.05, 4.69) is 25.9 Å². The van der Waals surface area contributed by atoms with E-state index in [0.717, 1.165) is 15.6 Å². The van der Waals surface area contributed by atoms with Crippen LogP contribution in [0.4, 0.5) is 0 Å². The van der Waals surface area contributed by atoms with Gasteiger partial charge in [0.1, 0.15) is 0 Å². The number of nitrogens with zero attached hydrogens (tertiary/aromatic N) is 1. The van der Waals surface area contributed by atoms with Crippen molar-refractivity contribution in [3.8, 4) is 0 Å². The number of nitrogens with one attached hydrogen (secondary N) is 1. The van der Waals surface area contributed by atoms with Gasteiger partial charge in [-0.25, -0.2) is 0 Å². The van der Waals surface area contributed by atoms with Gasteiger partial charge in [-0.1, -0.05) is 46.3 Å². The van der Waals surface area contributed by atoms with Crippen molar-refractivity contribution in [2.45, 2.75) is 25.7 Å². The predicted octanol–water partition coefficient (Wildman–Crippen LogP) is 3.77. The maximum Gasteiger partial charge on any atom is 0.276 e. The molecule has 1 N–H and O–H groups in total. The highest BCUT2D eigenvalue weighted by molar-refractivity contribution is 9.10. The third-order valence-corrected chi connectivity index (χ3v) is 5.27. The fourth-order valence-electron chi connectivity index (χ4n) is 1.99. The molecule has 0 atom stereocenters. The van der Waals surface area contributed by atoms with Gasteiger partial charge in [0.05, 0.1) is 10.6 Å². The van der Waals surface area contributed by atoms with Crippen LogP contribution in [0.5, 0.6) is 0 Å². The lowest BCUT2D eigenvalue weighted by molar-refractivity contribution is 0.583. The van der Waals surface area contributed by atoms with Crippen LogP contribution in [0.25, 0.3) is 0 Å². The van der Waals surface area contributed by atoms with Gasteiger partial charge in [-0.3, -0.25) is 0 Å². The molecule has 0 aliphatic carbocycles. The second-order valence-electron chi connectivity index (χ2n) is 5.04. The van der Waals surface area contributed by atoms with E-state index in [1.165, 1.54) is 0 Å². The Morgan fingerprint density at radius 2 is 1.82 bits per heavy atom. The van der Waals surface area contributed by atoms with Crippen LogP contribution >= 0.6 is 15.9 Å². The number of benzene rings is 2. The standard InChI is InChI=1S/C16H17BrN2O2S/c1-11-8-9-12(2)16(10-11)22(20,21)19-18-13(3)14-6-4-5-7-15(14)17/h4-10,19H,1-3H3/b18-13-. The maximum atomic E-state index is 12.4. The smallest absolute Gasteiger partial charge is 0.200 e. The van der Waals surface area contributed by atoms with Crippen LogP contribution in [0.3, 0.4) is 0 Å². The minimum absolute atomic E-state index is 0.246. The molecule has 0 aliphatic heterocycles. The maximum absolute atomic E-state index is 12.4. The second kappa shape index (κ2) is 6.62. The first-order valence-electron chi connectivity index (χ1n) is 6.69. The van der Waals surface area contributed by atoms with E-state index >= 15 is 0 Å². The Morgan fingerprint density at radius 3 is 2.50 bits per heavy atom. The van der Waals surface area contributed by atoms with E-state index < -0.39 is 10.0 Å². The zero-order chi connectivity index (χ0) is 16.3. The summed E-state index contributed by atoms with van der Waals surface area (Å²) >= 11 is 3.43. The first-order chi connectivity index (χ1) is 10.3. The van der Waals surface area contributed by atoms with Crippen LogP contribution in [-0.4, -0.2) is 14.1 Å². The molecule has 116 valence electrons. The van der Waals surface area contributed by atoms with Crippen LogP contribution in [0.15, 0.2) is 56.9 Å². The largest absolute Gasteiger partial charge is 0.276 e. The summed E-state index contributed by atoms with van der Waals surface area (Å²) in [6, 6.07) is 12.8. The highest BCUT2D eigenvalue weighted by Crippen LogP contribution is 2.18. The molecule has 0 aromatic heterocycles. The molecule has 0 bridgehead atoms. The van der Waals surface area contributed by atoms with Crippen molar-refractivity contribution in [2.75, 3.05) is 0 Å². The van der Waals surface area contributed by atoms with Gasteiger partial charge in [0.2, 0.25) is 0 Å². The SMILES string of the molecule is C/C(=N/NS(=O)(=O)c1cc(C)ccc1C)c1ccccc1Br. The molecule has 0 saturated heterocycles. The topological polar surface area (TPSA) is 58.5 Å². The molecule has 4 nitrogen and oxygen atoms in total. The van der Waals surface area contributed by atoms with Gasteiger partial charge in [0.15, 0.2) is 0 Å². The van der Waals surface area contributed by atoms with Crippen LogP contribution in [0.1, 0.15) is 23.6 Å². The molecule has 0 amide bonds. The highest BCUT2D eigenvalue weighted by atomic mass is 79.9. The van der Waals surface area contributed by atoms with Crippen molar-refractivity contribution in [1.29, 1.82) is 0 Å². The summed E-state index contributed by atoms with van der Waals surface area (Å²) in [6.45, 7) is 5.37. The molecule has 0 spiro atoms. The lowest BCUT2D eigenvalue weighted by Gasteiger charge is -2.09. The van der Waals surface area contributed by atoms with Gasteiger partial charge in [-0.2, -0.15) is 18.4 Å². The molecule has 2 aromatic rings. The average molecular weight is 381 g/mol. The van der Waals surface area contributed by atoms with Crippen LogP contribution in [-0.2, 0) is 10.0 Å². The molecule has 0 saturated carbocycles. The Hall–Kier alpha value is -1.66. The minimum Gasteiger partial charge on any atom is -0.200 e. The molecular weight excluding hydrogens is 364 g/mol. The molecule has 0 fully saturated rings. The fraction of sp³-hybridized carbons (Fsp3) is 0.188. The monoisotopic (exact) mass is 380 g/mol. The molecule has 0 heterocycles. The molecule has 2 rings (SSSR count). The predicted molar refractivity (Wildman–Crippen MR) is 92.6 cm³/mol. The van der Waals surface area contributed by atoms with Crippen LogP contribution < -0.4 is 4.83 Å². The van der Waals surface area contributed by atoms with E-state index in [-0.39, 0.29) is 4.90 Å². The van der Waals surface area contributed by atoms with Gasteiger partial charge in [-0.05, 0) is 44.0 Å². The number of rotatable bonds is 4. The number of hydrazone groups is 1. The fourth-order valence-corrected chi connectivity index (χ4v) is 3.75. The van der Waals surface area contributed by atoms with E-state index in [1.807, 2.05) is 37.3 Å². The lowest BCUT2D eigenvalue weighted by atomic mass is 10.1. The van der Waals surface area contributed by atoms with Gasteiger partial charge in [0.25, 0.3) is 10.0 Å². The quantitative estimate of drug-likeness (QED) is 0.648. The summed E-state index contributed by atoms with van der Waals surface area (Å²) < 4.78 is 25.7. The van der Waals surface area contributed by atoms with E-state index in [9.17, 15) is 8.42 Å². The van der Waals surface area contributed by atoms with Gasteiger partial charge in [-0.15, -0.1) is 0 Å². The van der Waals surface area contributed by atoms with Gasteiger partial charge in [0, 0.05) is 10.0 Å². The summed E-state index contributed by atoms with van der Waals surface area (Å²) in [7, 11) is -3.68. The number of aryl methyl sites for hydroxylation is 2. The van der Waals surface area contributed by atoms with Crippen molar-refractivity contribution >= 4 is 31.7 Å². The Labute approximate surface area is 139 Å². The molecule has 6 heteroatoms. The zero-order valence-corrected chi connectivity index (χ0v) is 15.0. The summed E-state index contributed by atoms with van der Waals surface area (Å²) in [5.41, 5.74) is 3.00.